The third-order valence-corrected chi connectivity index (χ3v) is 3.92. The van der Waals surface area contributed by atoms with Crippen LogP contribution in [0.25, 0.3) is 0 Å². The molecule has 0 radical (unpaired) electrons. The molecule has 4 nitrogen and oxygen atoms in total. The quantitative estimate of drug-likeness (QED) is 0.810. The lowest BCUT2D eigenvalue weighted by Gasteiger charge is -2.17. The highest BCUT2D eigenvalue weighted by molar-refractivity contribution is 5.44. The van der Waals surface area contributed by atoms with Crippen molar-refractivity contribution in [1.82, 2.24) is 0 Å². The number of nitrogens with two attached hydrogens (primary N) is 1. The molecule has 0 saturated heterocycles. The number of methoxy groups -OCH3 is 2. The van der Waals surface area contributed by atoms with Gasteiger partial charge in [-0.15, -0.1) is 0 Å². The Morgan fingerprint density at radius 2 is 1.65 bits per heavy atom. The van der Waals surface area contributed by atoms with Crippen LogP contribution >= 0.6 is 0 Å². The normalized spacial score (nSPS) is 11.8. The molecular weight excluding hydrogens is 290 g/mol. The minimum absolute atomic E-state index is 0.222. The SMILES string of the molecule is COc1ccc(C(CN)CCOc2ccc(C)cc2)cc1OC. The lowest BCUT2D eigenvalue weighted by Crippen LogP contribution is -2.15. The topological polar surface area (TPSA) is 53.7 Å². The molecule has 0 amide bonds. The van der Waals surface area contributed by atoms with Gasteiger partial charge >= 0.3 is 0 Å². The maximum Gasteiger partial charge on any atom is 0.160 e. The van der Waals surface area contributed by atoms with E-state index in [0.717, 1.165) is 29.2 Å². The summed E-state index contributed by atoms with van der Waals surface area (Å²) in [5.74, 6) is 2.56. The minimum Gasteiger partial charge on any atom is -0.494 e. The fraction of sp³-hybridized carbons (Fsp3) is 0.368. The molecule has 0 heterocycles. The molecule has 2 aromatic rings. The van der Waals surface area contributed by atoms with Crippen molar-refractivity contribution >= 4 is 0 Å². The molecule has 1 unspecified atom stereocenters. The Balaban J connectivity index is 1.98. The maximum absolute atomic E-state index is 5.94. The monoisotopic (exact) mass is 315 g/mol. The van der Waals surface area contributed by atoms with E-state index >= 15 is 0 Å². The molecule has 0 saturated carbocycles. The van der Waals surface area contributed by atoms with Crippen LogP contribution in [0.3, 0.4) is 0 Å². The average molecular weight is 315 g/mol. The van der Waals surface area contributed by atoms with Crippen LogP contribution in [0, 0.1) is 6.92 Å². The summed E-state index contributed by atoms with van der Waals surface area (Å²) in [6.45, 7) is 3.25. The smallest absolute Gasteiger partial charge is 0.160 e. The van der Waals surface area contributed by atoms with Crippen molar-refractivity contribution in [3.8, 4) is 17.2 Å². The summed E-state index contributed by atoms with van der Waals surface area (Å²) in [5.41, 5.74) is 8.30. The van der Waals surface area contributed by atoms with Crippen LogP contribution < -0.4 is 19.9 Å². The van der Waals surface area contributed by atoms with Gasteiger partial charge in [0, 0.05) is 0 Å². The van der Waals surface area contributed by atoms with Crippen molar-refractivity contribution in [3.63, 3.8) is 0 Å². The summed E-state index contributed by atoms with van der Waals surface area (Å²) >= 11 is 0. The van der Waals surface area contributed by atoms with Gasteiger partial charge in [-0.05, 0) is 55.6 Å². The lowest BCUT2D eigenvalue weighted by molar-refractivity contribution is 0.298. The van der Waals surface area contributed by atoms with Gasteiger partial charge in [0.25, 0.3) is 0 Å². The van der Waals surface area contributed by atoms with Gasteiger partial charge in [0.05, 0.1) is 20.8 Å². The van der Waals surface area contributed by atoms with Crippen molar-refractivity contribution < 1.29 is 14.2 Å². The number of benzene rings is 2. The van der Waals surface area contributed by atoms with E-state index in [0.29, 0.717) is 13.2 Å². The van der Waals surface area contributed by atoms with Crippen LogP contribution in [0.1, 0.15) is 23.5 Å². The standard InChI is InChI=1S/C19H25NO3/c1-14-4-7-17(8-5-14)23-11-10-16(13-20)15-6-9-18(21-2)19(12-15)22-3/h4-9,12,16H,10-11,13,20H2,1-3H3. The molecule has 0 aromatic heterocycles. The van der Waals surface area contributed by atoms with Crippen LogP contribution in [0.4, 0.5) is 0 Å². The predicted molar refractivity (Wildman–Crippen MR) is 92.6 cm³/mol. The second kappa shape index (κ2) is 8.44. The third-order valence-electron chi connectivity index (χ3n) is 3.92. The molecule has 0 aliphatic carbocycles. The molecule has 4 heteroatoms. The van der Waals surface area contributed by atoms with Crippen molar-refractivity contribution in [1.29, 1.82) is 0 Å². The van der Waals surface area contributed by atoms with E-state index in [1.807, 2.05) is 42.5 Å². The molecule has 0 fully saturated rings. The average Bonchev–Trinajstić information content (AvgIpc) is 2.59. The molecule has 0 aliphatic heterocycles. The van der Waals surface area contributed by atoms with Gasteiger partial charge in [0.1, 0.15) is 5.75 Å². The summed E-state index contributed by atoms with van der Waals surface area (Å²) in [7, 11) is 3.27. The highest BCUT2D eigenvalue weighted by Gasteiger charge is 2.13. The van der Waals surface area contributed by atoms with E-state index in [2.05, 4.69) is 6.92 Å². The summed E-state index contributed by atoms with van der Waals surface area (Å²) in [5, 5.41) is 0. The van der Waals surface area contributed by atoms with Gasteiger partial charge < -0.3 is 19.9 Å². The Labute approximate surface area is 138 Å². The summed E-state index contributed by atoms with van der Waals surface area (Å²) in [6.07, 6.45) is 0.847. The first-order valence-corrected chi connectivity index (χ1v) is 7.79. The molecule has 1 atom stereocenters. The van der Waals surface area contributed by atoms with Crippen molar-refractivity contribution in [3.05, 3.63) is 53.6 Å². The van der Waals surface area contributed by atoms with Gasteiger partial charge in [-0.25, -0.2) is 0 Å². The predicted octanol–water partition coefficient (Wildman–Crippen LogP) is 3.52. The van der Waals surface area contributed by atoms with Crippen LogP contribution in [0.5, 0.6) is 17.2 Å². The fourth-order valence-electron chi connectivity index (χ4n) is 2.48. The number of aryl methyl sites for hydroxylation is 1. The van der Waals surface area contributed by atoms with E-state index in [4.69, 9.17) is 19.9 Å². The molecule has 2 aromatic carbocycles. The number of hydrogen-bond donors (Lipinski definition) is 1. The molecule has 0 spiro atoms. The molecule has 2 N–H and O–H groups in total. The zero-order valence-electron chi connectivity index (χ0n) is 14.0. The van der Waals surface area contributed by atoms with Crippen LogP contribution in [-0.4, -0.2) is 27.4 Å². The molecule has 0 aliphatic rings. The lowest BCUT2D eigenvalue weighted by atomic mass is 9.96. The molecule has 124 valence electrons. The van der Waals surface area contributed by atoms with Gasteiger partial charge in [-0.2, -0.15) is 0 Å². The molecule has 23 heavy (non-hydrogen) atoms. The first kappa shape index (κ1) is 17.2. The fourth-order valence-corrected chi connectivity index (χ4v) is 2.48. The number of ether oxygens (including phenoxy) is 3. The highest BCUT2D eigenvalue weighted by atomic mass is 16.5. The summed E-state index contributed by atoms with van der Waals surface area (Å²) in [4.78, 5) is 0. The molecule has 0 bridgehead atoms. The third kappa shape index (κ3) is 4.63. The summed E-state index contributed by atoms with van der Waals surface area (Å²) in [6, 6.07) is 14.0. The second-order valence-electron chi connectivity index (χ2n) is 5.50. The van der Waals surface area contributed by atoms with Crippen molar-refractivity contribution in [2.24, 2.45) is 5.73 Å². The first-order chi connectivity index (χ1) is 11.2. The van der Waals surface area contributed by atoms with Crippen LogP contribution in [0.15, 0.2) is 42.5 Å². The van der Waals surface area contributed by atoms with E-state index in [-0.39, 0.29) is 5.92 Å². The first-order valence-electron chi connectivity index (χ1n) is 7.79. The Kier molecular flexibility index (Phi) is 6.29. The second-order valence-corrected chi connectivity index (χ2v) is 5.50. The largest absolute Gasteiger partial charge is 0.494 e. The van der Waals surface area contributed by atoms with Gasteiger partial charge in [0.2, 0.25) is 0 Å². The van der Waals surface area contributed by atoms with E-state index in [1.54, 1.807) is 14.2 Å². The number of rotatable bonds is 8. The van der Waals surface area contributed by atoms with Gasteiger partial charge in [0.15, 0.2) is 11.5 Å². The van der Waals surface area contributed by atoms with E-state index < -0.39 is 0 Å². The van der Waals surface area contributed by atoms with Gasteiger partial charge in [-0.1, -0.05) is 23.8 Å². The molecule has 2 rings (SSSR count). The van der Waals surface area contributed by atoms with Crippen molar-refractivity contribution in [2.75, 3.05) is 27.4 Å². The van der Waals surface area contributed by atoms with E-state index in [1.165, 1.54) is 5.56 Å². The van der Waals surface area contributed by atoms with Crippen LogP contribution in [-0.2, 0) is 0 Å². The highest BCUT2D eigenvalue weighted by Crippen LogP contribution is 2.31. The Morgan fingerprint density at radius 3 is 2.26 bits per heavy atom. The van der Waals surface area contributed by atoms with E-state index in [9.17, 15) is 0 Å². The Morgan fingerprint density at radius 1 is 0.957 bits per heavy atom. The number of hydrogen-bond acceptors (Lipinski definition) is 4. The zero-order valence-corrected chi connectivity index (χ0v) is 14.0. The molecular formula is C19H25NO3. The van der Waals surface area contributed by atoms with Crippen molar-refractivity contribution in [2.45, 2.75) is 19.3 Å². The Hall–Kier alpha value is -2.20. The maximum atomic E-state index is 5.94. The summed E-state index contributed by atoms with van der Waals surface area (Å²) < 4.78 is 16.4. The Bertz CT molecular complexity index is 611. The zero-order chi connectivity index (χ0) is 16.7. The van der Waals surface area contributed by atoms with Crippen LogP contribution in [0.2, 0.25) is 0 Å². The minimum atomic E-state index is 0.222. The van der Waals surface area contributed by atoms with Gasteiger partial charge in [-0.3, -0.25) is 0 Å².